The Kier molecular flexibility index (Phi) is 7.39. The molecule has 5 heteroatoms. The van der Waals surface area contributed by atoms with E-state index >= 15 is 0 Å². The van der Waals surface area contributed by atoms with E-state index in [9.17, 15) is 0 Å². The van der Waals surface area contributed by atoms with E-state index in [0.29, 0.717) is 12.1 Å². The second kappa shape index (κ2) is 10.8. The Morgan fingerprint density at radius 3 is 2.47 bits per heavy atom. The van der Waals surface area contributed by atoms with Crippen molar-refractivity contribution in [2.24, 2.45) is 0 Å². The Hall–Kier alpha value is -1.92. The molecular formula is C27H36N2O3. The topological polar surface area (TPSA) is 34.2 Å². The number of hydrogen-bond acceptors (Lipinski definition) is 5. The predicted molar refractivity (Wildman–Crippen MR) is 126 cm³/mol. The smallest absolute Gasteiger partial charge is 0.123 e. The molecule has 0 bridgehead atoms. The van der Waals surface area contributed by atoms with Crippen LogP contribution in [0.15, 0.2) is 48.5 Å². The summed E-state index contributed by atoms with van der Waals surface area (Å²) in [6.07, 6.45) is 4.86. The molecule has 0 radical (unpaired) electrons. The number of ether oxygens (including phenoxy) is 3. The molecule has 5 rings (SSSR count). The van der Waals surface area contributed by atoms with Crippen molar-refractivity contribution in [3.05, 3.63) is 65.2 Å². The third-order valence-electron chi connectivity index (χ3n) is 7.11. The van der Waals surface area contributed by atoms with Crippen molar-refractivity contribution in [3.63, 3.8) is 0 Å². The van der Waals surface area contributed by atoms with Gasteiger partial charge in [0, 0.05) is 57.5 Å². The van der Waals surface area contributed by atoms with Crippen LogP contribution in [-0.2, 0) is 29.2 Å². The SMILES string of the molecule is c1ccc(COC2CCN(Cc3ccc4c(c3)CN(C3CCOCC3)CCO4)CC2)cc1. The van der Waals surface area contributed by atoms with Crippen LogP contribution in [0.2, 0.25) is 0 Å². The lowest BCUT2D eigenvalue weighted by Crippen LogP contribution is -2.40. The number of rotatable bonds is 6. The van der Waals surface area contributed by atoms with Crippen LogP contribution < -0.4 is 4.74 Å². The third kappa shape index (κ3) is 5.70. The molecule has 3 aliphatic heterocycles. The van der Waals surface area contributed by atoms with Gasteiger partial charge in [0.2, 0.25) is 0 Å². The first-order chi connectivity index (χ1) is 15.8. The second-order valence-corrected chi connectivity index (χ2v) is 9.38. The fourth-order valence-electron chi connectivity index (χ4n) is 5.21. The van der Waals surface area contributed by atoms with Crippen molar-refractivity contribution in [1.29, 1.82) is 0 Å². The van der Waals surface area contributed by atoms with Crippen molar-refractivity contribution in [2.45, 2.75) is 57.5 Å². The maximum atomic E-state index is 6.17. The molecule has 3 aliphatic rings. The van der Waals surface area contributed by atoms with Crippen molar-refractivity contribution < 1.29 is 14.2 Å². The molecule has 0 aliphatic carbocycles. The van der Waals surface area contributed by atoms with E-state index in [-0.39, 0.29) is 0 Å². The summed E-state index contributed by atoms with van der Waals surface area (Å²) < 4.78 is 17.8. The minimum Gasteiger partial charge on any atom is -0.492 e. The number of nitrogens with zero attached hydrogens (tertiary/aromatic N) is 2. The molecule has 2 aromatic rings. The first-order valence-electron chi connectivity index (χ1n) is 12.3. The highest BCUT2D eigenvalue weighted by molar-refractivity contribution is 5.38. The molecule has 0 aromatic heterocycles. The maximum absolute atomic E-state index is 6.17. The standard InChI is InChI=1S/C27H36N2O3/c1-2-4-22(5-3-1)21-32-26-8-12-28(13-9-26)19-23-6-7-27-24(18-23)20-29(14-17-31-27)25-10-15-30-16-11-25/h1-7,18,25-26H,8-17,19-21H2. The fourth-order valence-corrected chi connectivity index (χ4v) is 5.21. The summed E-state index contributed by atoms with van der Waals surface area (Å²) in [6.45, 7) is 8.48. The predicted octanol–water partition coefficient (Wildman–Crippen LogP) is 4.24. The van der Waals surface area contributed by atoms with Crippen LogP contribution >= 0.6 is 0 Å². The molecule has 0 spiro atoms. The average Bonchev–Trinajstić information content (AvgIpc) is 3.07. The van der Waals surface area contributed by atoms with E-state index in [1.165, 1.54) is 16.7 Å². The molecule has 0 amide bonds. The van der Waals surface area contributed by atoms with E-state index in [0.717, 1.165) is 90.6 Å². The summed E-state index contributed by atoms with van der Waals surface area (Å²) in [7, 11) is 0. The number of fused-ring (bicyclic) bond motifs is 1. The van der Waals surface area contributed by atoms with Gasteiger partial charge < -0.3 is 14.2 Å². The van der Waals surface area contributed by atoms with Crippen LogP contribution in [-0.4, -0.2) is 61.4 Å². The van der Waals surface area contributed by atoms with Crippen molar-refractivity contribution in [1.82, 2.24) is 9.80 Å². The number of benzene rings is 2. The van der Waals surface area contributed by atoms with E-state index < -0.39 is 0 Å². The van der Waals surface area contributed by atoms with Gasteiger partial charge in [-0.2, -0.15) is 0 Å². The molecule has 2 fully saturated rings. The van der Waals surface area contributed by atoms with Crippen molar-refractivity contribution in [3.8, 4) is 5.75 Å². The van der Waals surface area contributed by atoms with Crippen LogP contribution in [0.25, 0.3) is 0 Å². The molecular weight excluding hydrogens is 400 g/mol. The molecule has 0 N–H and O–H groups in total. The zero-order valence-electron chi connectivity index (χ0n) is 19.1. The zero-order chi connectivity index (χ0) is 21.6. The minimum atomic E-state index is 0.375. The van der Waals surface area contributed by atoms with Gasteiger partial charge in [-0.05, 0) is 48.9 Å². The molecule has 0 atom stereocenters. The van der Waals surface area contributed by atoms with Gasteiger partial charge in [0.15, 0.2) is 0 Å². The maximum Gasteiger partial charge on any atom is 0.123 e. The Labute approximate surface area is 192 Å². The van der Waals surface area contributed by atoms with Gasteiger partial charge in [-0.1, -0.05) is 36.4 Å². The Morgan fingerprint density at radius 1 is 0.844 bits per heavy atom. The Morgan fingerprint density at radius 2 is 1.66 bits per heavy atom. The minimum absolute atomic E-state index is 0.375. The van der Waals surface area contributed by atoms with E-state index in [1.54, 1.807) is 0 Å². The average molecular weight is 437 g/mol. The van der Waals surface area contributed by atoms with Crippen LogP contribution in [0.3, 0.4) is 0 Å². The van der Waals surface area contributed by atoms with Gasteiger partial charge in [-0.3, -0.25) is 9.80 Å². The fraction of sp³-hybridized carbons (Fsp3) is 0.556. The van der Waals surface area contributed by atoms with Crippen LogP contribution in [0.1, 0.15) is 42.4 Å². The molecule has 32 heavy (non-hydrogen) atoms. The van der Waals surface area contributed by atoms with Crippen LogP contribution in [0, 0.1) is 0 Å². The first-order valence-corrected chi connectivity index (χ1v) is 12.3. The molecule has 5 nitrogen and oxygen atoms in total. The number of piperidine rings is 1. The van der Waals surface area contributed by atoms with Gasteiger partial charge >= 0.3 is 0 Å². The van der Waals surface area contributed by atoms with Crippen LogP contribution in [0.5, 0.6) is 5.75 Å². The Bertz CT molecular complexity index is 845. The van der Waals surface area contributed by atoms with E-state index in [2.05, 4.69) is 58.3 Å². The lowest BCUT2D eigenvalue weighted by atomic mass is 10.0. The molecule has 3 heterocycles. The third-order valence-corrected chi connectivity index (χ3v) is 7.11. The lowest BCUT2D eigenvalue weighted by molar-refractivity contribution is -0.00394. The summed E-state index contributed by atoms with van der Waals surface area (Å²) in [5, 5.41) is 0. The monoisotopic (exact) mass is 436 g/mol. The summed E-state index contributed by atoms with van der Waals surface area (Å²) in [4.78, 5) is 5.17. The summed E-state index contributed by atoms with van der Waals surface area (Å²) in [5.74, 6) is 1.07. The number of likely N-dealkylation sites (tertiary alicyclic amines) is 1. The van der Waals surface area contributed by atoms with E-state index in [1.807, 2.05) is 0 Å². The normalized spacial score (nSPS) is 21.6. The summed E-state index contributed by atoms with van der Waals surface area (Å²) in [6, 6.07) is 17.9. The van der Waals surface area contributed by atoms with Gasteiger partial charge in [-0.15, -0.1) is 0 Å². The molecule has 0 saturated carbocycles. The summed E-state index contributed by atoms with van der Waals surface area (Å²) in [5.41, 5.74) is 3.99. The zero-order valence-corrected chi connectivity index (χ0v) is 19.1. The van der Waals surface area contributed by atoms with Gasteiger partial charge in [0.25, 0.3) is 0 Å². The largest absolute Gasteiger partial charge is 0.492 e. The summed E-state index contributed by atoms with van der Waals surface area (Å²) >= 11 is 0. The van der Waals surface area contributed by atoms with Crippen molar-refractivity contribution >= 4 is 0 Å². The van der Waals surface area contributed by atoms with Crippen LogP contribution in [0.4, 0.5) is 0 Å². The first kappa shape index (κ1) is 21.9. The van der Waals surface area contributed by atoms with Gasteiger partial charge in [0.1, 0.15) is 12.4 Å². The lowest BCUT2D eigenvalue weighted by Gasteiger charge is -2.33. The molecule has 0 unspecified atom stereocenters. The highest BCUT2D eigenvalue weighted by atomic mass is 16.5. The second-order valence-electron chi connectivity index (χ2n) is 9.38. The van der Waals surface area contributed by atoms with Gasteiger partial charge in [-0.25, -0.2) is 0 Å². The number of hydrogen-bond donors (Lipinski definition) is 0. The van der Waals surface area contributed by atoms with E-state index in [4.69, 9.17) is 14.2 Å². The molecule has 2 aromatic carbocycles. The Balaban J connectivity index is 1.13. The highest BCUT2D eigenvalue weighted by Gasteiger charge is 2.25. The quantitative estimate of drug-likeness (QED) is 0.677. The van der Waals surface area contributed by atoms with Gasteiger partial charge in [0.05, 0.1) is 12.7 Å². The van der Waals surface area contributed by atoms with Crippen molar-refractivity contribution in [2.75, 3.05) is 39.5 Å². The highest BCUT2D eigenvalue weighted by Crippen LogP contribution is 2.28. The molecule has 2 saturated heterocycles. The molecule has 172 valence electrons.